The van der Waals surface area contributed by atoms with Crippen LogP contribution in [0.25, 0.3) is 0 Å². The zero-order valence-electron chi connectivity index (χ0n) is 5.80. The van der Waals surface area contributed by atoms with Crippen LogP contribution >= 0.6 is 23.4 Å². The summed E-state index contributed by atoms with van der Waals surface area (Å²) in [4.78, 5) is 13.3. The Morgan fingerprint density at radius 3 is 2.91 bits per heavy atom. The zero-order valence-corrected chi connectivity index (χ0v) is 7.37. The Bertz CT molecular complexity index is 300. The highest BCUT2D eigenvalue weighted by Gasteiger charge is 1.99. The number of nitrogens with zero attached hydrogens (tertiary/aromatic N) is 2. The number of rotatable bonds is 2. The Hall–Kier alpha value is -0.550. The third-order valence-electron chi connectivity index (χ3n) is 0.918. The van der Waals surface area contributed by atoms with E-state index < -0.39 is 5.56 Å². The van der Waals surface area contributed by atoms with Gasteiger partial charge in [-0.2, -0.15) is 0 Å². The Kier molecular flexibility index (Phi) is 2.90. The van der Waals surface area contributed by atoms with Crippen LogP contribution in [-0.4, -0.2) is 20.9 Å². The van der Waals surface area contributed by atoms with Crippen LogP contribution in [0.4, 0.5) is 0 Å². The van der Waals surface area contributed by atoms with E-state index in [1.807, 2.05) is 6.92 Å². The van der Waals surface area contributed by atoms with E-state index in [1.165, 1.54) is 11.8 Å². The number of halogens is 1. The van der Waals surface area contributed by atoms with Gasteiger partial charge in [-0.25, -0.2) is 0 Å². The lowest BCUT2D eigenvalue weighted by Gasteiger charge is -1.93. The SMILES string of the molecule is CCSc1nnc(Cl)c(=O)[nH]1. The maximum absolute atomic E-state index is 10.8. The van der Waals surface area contributed by atoms with E-state index in [4.69, 9.17) is 11.6 Å². The average molecular weight is 192 g/mol. The molecule has 0 amide bonds. The van der Waals surface area contributed by atoms with E-state index in [9.17, 15) is 4.79 Å². The van der Waals surface area contributed by atoms with Gasteiger partial charge in [-0.1, -0.05) is 30.3 Å². The third-order valence-corrected chi connectivity index (χ3v) is 1.91. The van der Waals surface area contributed by atoms with Gasteiger partial charge in [-0.3, -0.25) is 9.78 Å². The Morgan fingerprint density at radius 1 is 1.64 bits per heavy atom. The summed E-state index contributed by atoms with van der Waals surface area (Å²) in [6.45, 7) is 1.96. The summed E-state index contributed by atoms with van der Waals surface area (Å²) in [6.07, 6.45) is 0. The second-order valence-corrected chi connectivity index (χ2v) is 3.29. The quantitative estimate of drug-likeness (QED) is 0.707. The number of hydrogen-bond acceptors (Lipinski definition) is 4. The summed E-state index contributed by atoms with van der Waals surface area (Å²) in [5, 5.41) is 7.48. The minimum Gasteiger partial charge on any atom is -0.297 e. The summed E-state index contributed by atoms with van der Waals surface area (Å²) in [5.74, 6) is 0.840. The summed E-state index contributed by atoms with van der Waals surface area (Å²) in [5.41, 5.74) is -0.391. The normalized spacial score (nSPS) is 10.0. The highest BCUT2D eigenvalue weighted by Crippen LogP contribution is 2.08. The van der Waals surface area contributed by atoms with Crippen molar-refractivity contribution in [1.29, 1.82) is 0 Å². The largest absolute Gasteiger partial charge is 0.297 e. The Labute approximate surface area is 72.4 Å². The number of thioether (sulfide) groups is 1. The number of aromatic nitrogens is 3. The standard InChI is InChI=1S/C5H6ClN3OS/c1-2-11-5-7-4(10)3(6)8-9-5/h2H2,1H3,(H,7,9,10). The van der Waals surface area contributed by atoms with E-state index in [1.54, 1.807) is 0 Å². The van der Waals surface area contributed by atoms with Gasteiger partial charge in [0, 0.05) is 0 Å². The maximum atomic E-state index is 10.8. The molecule has 1 rings (SSSR count). The summed E-state index contributed by atoms with van der Waals surface area (Å²) < 4.78 is 0. The molecule has 1 heterocycles. The second kappa shape index (κ2) is 3.73. The van der Waals surface area contributed by atoms with Crippen LogP contribution in [0.1, 0.15) is 6.92 Å². The molecule has 0 unspecified atom stereocenters. The van der Waals surface area contributed by atoms with Crippen LogP contribution in [0.5, 0.6) is 0 Å². The van der Waals surface area contributed by atoms with Crippen molar-refractivity contribution in [1.82, 2.24) is 15.2 Å². The van der Waals surface area contributed by atoms with Crippen LogP contribution in [-0.2, 0) is 0 Å². The van der Waals surface area contributed by atoms with Crippen LogP contribution in [0.2, 0.25) is 5.15 Å². The fourth-order valence-corrected chi connectivity index (χ4v) is 1.13. The van der Waals surface area contributed by atoms with Crippen molar-refractivity contribution < 1.29 is 0 Å². The molecule has 6 heteroatoms. The first-order valence-corrected chi connectivity index (χ1v) is 4.35. The van der Waals surface area contributed by atoms with Gasteiger partial charge in [0.05, 0.1) is 0 Å². The number of hydrogen-bond donors (Lipinski definition) is 1. The van der Waals surface area contributed by atoms with Gasteiger partial charge in [-0.05, 0) is 5.75 Å². The van der Waals surface area contributed by atoms with Crippen molar-refractivity contribution in [2.24, 2.45) is 0 Å². The predicted molar refractivity (Wildman–Crippen MR) is 44.1 cm³/mol. The predicted octanol–water partition coefficient (Wildman–Crippen LogP) is 0.930. The Balaban J connectivity index is 2.96. The third kappa shape index (κ3) is 2.20. The summed E-state index contributed by atoms with van der Waals surface area (Å²) in [6, 6.07) is 0. The number of H-pyrrole nitrogens is 1. The molecular formula is C5H6ClN3OS. The molecule has 11 heavy (non-hydrogen) atoms. The first-order valence-electron chi connectivity index (χ1n) is 2.99. The summed E-state index contributed by atoms with van der Waals surface area (Å²) >= 11 is 6.76. The minimum atomic E-state index is -0.391. The molecule has 0 saturated heterocycles. The molecule has 0 aliphatic heterocycles. The molecule has 0 atom stereocenters. The van der Waals surface area contributed by atoms with Crippen molar-refractivity contribution >= 4 is 23.4 Å². The average Bonchev–Trinajstić information content (AvgIpc) is 1.98. The molecule has 0 radical (unpaired) electrons. The molecule has 0 spiro atoms. The smallest absolute Gasteiger partial charge is 0.289 e. The molecule has 60 valence electrons. The molecule has 4 nitrogen and oxygen atoms in total. The minimum absolute atomic E-state index is 0.120. The molecule has 0 aliphatic carbocycles. The molecule has 0 fully saturated rings. The summed E-state index contributed by atoms with van der Waals surface area (Å²) in [7, 11) is 0. The van der Waals surface area contributed by atoms with Gasteiger partial charge in [-0.15, -0.1) is 10.2 Å². The van der Waals surface area contributed by atoms with Crippen LogP contribution in [0.15, 0.2) is 9.95 Å². The highest BCUT2D eigenvalue weighted by molar-refractivity contribution is 7.99. The monoisotopic (exact) mass is 191 g/mol. The topological polar surface area (TPSA) is 58.6 Å². The van der Waals surface area contributed by atoms with Gasteiger partial charge in [0.2, 0.25) is 5.15 Å². The molecular weight excluding hydrogens is 186 g/mol. The highest BCUT2D eigenvalue weighted by atomic mass is 35.5. The van der Waals surface area contributed by atoms with E-state index in [2.05, 4.69) is 15.2 Å². The van der Waals surface area contributed by atoms with Crippen molar-refractivity contribution in [3.05, 3.63) is 15.5 Å². The van der Waals surface area contributed by atoms with E-state index in [0.717, 1.165) is 5.75 Å². The van der Waals surface area contributed by atoms with Gasteiger partial charge >= 0.3 is 0 Å². The van der Waals surface area contributed by atoms with Crippen molar-refractivity contribution in [2.75, 3.05) is 5.75 Å². The van der Waals surface area contributed by atoms with Gasteiger partial charge in [0.25, 0.3) is 5.56 Å². The zero-order chi connectivity index (χ0) is 8.27. The van der Waals surface area contributed by atoms with Crippen LogP contribution in [0, 0.1) is 0 Å². The van der Waals surface area contributed by atoms with Gasteiger partial charge in [0.1, 0.15) is 0 Å². The molecule has 0 saturated carbocycles. The van der Waals surface area contributed by atoms with E-state index in [0.29, 0.717) is 5.16 Å². The fourth-order valence-electron chi connectivity index (χ4n) is 0.510. The second-order valence-electron chi connectivity index (χ2n) is 1.68. The lowest BCUT2D eigenvalue weighted by atomic mass is 10.9. The van der Waals surface area contributed by atoms with Crippen molar-refractivity contribution in [3.8, 4) is 0 Å². The molecule has 1 N–H and O–H groups in total. The van der Waals surface area contributed by atoms with Gasteiger partial charge in [0.15, 0.2) is 5.16 Å². The molecule has 1 aromatic rings. The van der Waals surface area contributed by atoms with E-state index >= 15 is 0 Å². The van der Waals surface area contributed by atoms with Crippen molar-refractivity contribution in [3.63, 3.8) is 0 Å². The molecule has 0 aromatic carbocycles. The first-order chi connectivity index (χ1) is 5.24. The lowest BCUT2D eigenvalue weighted by Crippen LogP contribution is -2.11. The first kappa shape index (κ1) is 8.55. The molecule has 0 aliphatic rings. The number of aromatic amines is 1. The van der Waals surface area contributed by atoms with Crippen LogP contribution < -0.4 is 5.56 Å². The number of nitrogens with one attached hydrogen (secondary N) is 1. The Morgan fingerprint density at radius 2 is 2.36 bits per heavy atom. The van der Waals surface area contributed by atoms with Gasteiger partial charge < -0.3 is 0 Å². The molecule has 0 bridgehead atoms. The van der Waals surface area contributed by atoms with E-state index in [-0.39, 0.29) is 5.15 Å². The van der Waals surface area contributed by atoms with Crippen LogP contribution in [0.3, 0.4) is 0 Å². The molecule has 1 aromatic heterocycles. The maximum Gasteiger partial charge on any atom is 0.289 e. The fraction of sp³-hybridized carbons (Fsp3) is 0.400. The lowest BCUT2D eigenvalue weighted by molar-refractivity contribution is 0.818. The van der Waals surface area contributed by atoms with Crippen molar-refractivity contribution in [2.45, 2.75) is 12.1 Å².